The summed E-state index contributed by atoms with van der Waals surface area (Å²) in [5.41, 5.74) is 2.45. The third kappa shape index (κ3) is 14.3. The van der Waals surface area contributed by atoms with Crippen LogP contribution < -0.4 is 79.5 Å². The van der Waals surface area contributed by atoms with Crippen LogP contribution in [0.15, 0.2) is 24.3 Å². The van der Waals surface area contributed by atoms with Crippen molar-refractivity contribution in [2.75, 3.05) is 19.8 Å². The Balaban J connectivity index is 0. The first-order chi connectivity index (χ1) is 12.3. The molecule has 0 bridgehead atoms. The monoisotopic (exact) mass is 428 g/mol. The molecule has 0 saturated carbocycles. The SMILES string of the molecule is CNC(=O)C(=O)NCCCc1ccccc1CCCCCCP(=O)([O-])[O-].[Na+].[Na+]. The summed E-state index contributed by atoms with van der Waals surface area (Å²) in [6.07, 6.45) is 5.17. The van der Waals surface area contributed by atoms with Gasteiger partial charge in [0, 0.05) is 13.6 Å². The number of carbonyl (C=O) groups excluding carboxylic acids is 2. The topological polar surface area (TPSA) is 121 Å². The van der Waals surface area contributed by atoms with Crippen LogP contribution in [0, 0.1) is 0 Å². The molecule has 0 saturated heterocycles. The van der Waals surface area contributed by atoms with E-state index in [0.29, 0.717) is 13.0 Å². The second-order valence-corrected chi connectivity index (χ2v) is 7.88. The standard InChI is InChI=1S/C18H29N2O5P.2Na/c1-19-17(21)18(22)20-13-8-12-16-11-6-5-10-15(16)9-4-2-3-7-14-26(23,24)25;;/h5-6,10-11H,2-4,7-9,12-14H2,1H3,(H,19,21)(H,20,22)(H2,23,24,25);;/q;2*+1/p-2. The molecule has 1 rings (SSSR count). The summed E-state index contributed by atoms with van der Waals surface area (Å²) in [5.74, 6) is -1.27. The number of unbranched alkanes of at least 4 members (excludes halogenated alkanes) is 3. The van der Waals surface area contributed by atoms with E-state index in [4.69, 9.17) is 0 Å². The van der Waals surface area contributed by atoms with Crippen LogP contribution in [0.4, 0.5) is 0 Å². The first-order valence-electron chi connectivity index (χ1n) is 8.91. The molecule has 2 amide bonds. The average Bonchev–Trinajstić information content (AvgIpc) is 2.60. The Hall–Kier alpha value is 0.310. The number of aryl methyl sites for hydroxylation is 2. The van der Waals surface area contributed by atoms with E-state index in [-0.39, 0.29) is 65.3 Å². The molecule has 2 N–H and O–H groups in total. The third-order valence-electron chi connectivity index (χ3n) is 4.09. The molecule has 1 aromatic carbocycles. The predicted octanol–water partition coefficient (Wildman–Crippen LogP) is -5.49. The zero-order valence-corrected chi connectivity index (χ0v) is 22.1. The van der Waals surface area contributed by atoms with Crippen molar-refractivity contribution in [3.63, 3.8) is 0 Å². The zero-order chi connectivity index (χ0) is 19.4. The number of amides is 2. The van der Waals surface area contributed by atoms with Crippen LogP contribution in [0.2, 0.25) is 0 Å². The van der Waals surface area contributed by atoms with Gasteiger partial charge >= 0.3 is 70.9 Å². The molecule has 7 nitrogen and oxygen atoms in total. The Labute approximate surface area is 211 Å². The summed E-state index contributed by atoms with van der Waals surface area (Å²) < 4.78 is 10.6. The molecular weight excluding hydrogens is 401 g/mol. The number of rotatable bonds is 11. The van der Waals surface area contributed by atoms with E-state index < -0.39 is 19.4 Å². The van der Waals surface area contributed by atoms with E-state index >= 15 is 0 Å². The van der Waals surface area contributed by atoms with Crippen molar-refractivity contribution in [3.8, 4) is 0 Å². The molecule has 0 radical (unpaired) electrons. The molecule has 146 valence electrons. The van der Waals surface area contributed by atoms with Gasteiger partial charge in [0.05, 0.1) is 0 Å². The van der Waals surface area contributed by atoms with E-state index in [9.17, 15) is 23.9 Å². The van der Waals surface area contributed by atoms with Crippen molar-refractivity contribution < 1.29 is 83.1 Å². The minimum Gasteiger partial charge on any atom is -0.811 e. The smallest absolute Gasteiger partial charge is 0.811 e. The summed E-state index contributed by atoms with van der Waals surface area (Å²) in [7, 11) is -2.95. The number of likely N-dealkylation sites (N-methyl/N-ethyl adjacent to an activating group) is 1. The summed E-state index contributed by atoms with van der Waals surface area (Å²) in [4.78, 5) is 43.6. The number of hydrogen-bond donors (Lipinski definition) is 2. The van der Waals surface area contributed by atoms with Gasteiger partial charge in [-0.05, 0) is 49.4 Å². The molecule has 0 unspecified atom stereocenters. The fourth-order valence-corrected chi connectivity index (χ4v) is 3.31. The zero-order valence-electron chi connectivity index (χ0n) is 17.2. The molecule has 0 spiro atoms. The second-order valence-electron chi connectivity index (χ2n) is 6.21. The Morgan fingerprint density at radius 3 is 1.96 bits per heavy atom. The Morgan fingerprint density at radius 2 is 1.43 bits per heavy atom. The van der Waals surface area contributed by atoms with Gasteiger partial charge in [-0.2, -0.15) is 0 Å². The predicted molar refractivity (Wildman–Crippen MR) is 96.5 cm³/mol. The average molecular weight is 428 g/mol. The molecule has 0 aliphatic heterocycles. The van der Waals surface area contributed by atoms with Crippen LogP contribution in [0.25, 0.3) is 0 Å². The van der Waals surface area contributed by atoms with Gasteiger partial charge in [0.15, 0.2) is 0 Å². The Morgan fingerprint density at radius 1 is 0.893 bits per heavy atom. The summed E-state index contributed by atoms with van der Waals surface area (Å²) in [6, 6.07) is 8.09. The molecule has 0 fully saturated rings. The molecule has 0 aromatic heterocycles. The van der Waals surface area contributed by atoms with E-state index in [0.717, 1.165) is 38.5 Å². The number of hydrogen-bond acceptors (Lipinski definition) is 5. The van der Waals surface area contributed by atoms with Crippen molar-refractivity contribution >= 4 is 19.4 Å². The van der Waals surface area contributed by atoms with Gasteiger partial charge in [-0.25, -0.2) is 0 Å². The minimum absolute atomic E-state index is 0. The first kappa shape index (κ1) is 30.5. The van der Waals surface area contributed by atoms with Crippen LogP contribution in [0.5, 0.6) is 0 Å². The largest absolute Gasteiger partial charge is 1.00 e. The Bertz CT molecular complexity index is 640. The van der Waals surface area contributed by atoms with Crippen molar-refractivity contribution in [1.82, 2.24) is 10.6 Å². The molecule has 28 heavy (non-hydrogen) atoms. The van der Waals surface area contributed by atoms with Gasteiger partial charge in [0.1, 0.15) is 0 Å². The maximum absolute atomic E-state index is 11.4. The van der Waals surface area contributed by atoms with Crippen LogP contribution in [0.1, 0.15) is 43.2 Å². The van der Waals surface area contributed by atoms with Gasteiger partial charge in [-0.3, -0.25) is 9.59 Å². The van der Waals surface area contributed by atoms with Gasteiger partial charge in [-0.1, -0.05) is 44.7 Å². The number of benzene rings is 1. The normalized spacial score (nSPS) is 10.4. The van der Waals surface area contributed by atoms with Crippen LogP contribution in [0.3, 0.4) is 0 Å². The molecule has 1 aromatic rings. The van der Waals surface area contributed by atoms with Crippen molar-refractivity contribution in [2.24, 2.45) is 0 Å². The van der Waals surface area contributed by atoms with Crippen LogP contribution in [-0.4, -0.2) is 31.6 Å². The summed E-state index contributed by atoms with van der Waals surface area (Å²) >= 11 is 0. The fourth-order valence-electron chi connectivity index (χ4n) is 2.69. The van der Waals surface area contributed by atoms with E-state index in [1.54, 1.807) is 0 Å². The van der Waals surface area contributed by atoms with E-state index in [1.807, 2.05) is 12.1 Å². The maximum atomic E-state index is 11.4. The van der Waals surface area contributed by atoms with Gasteiger partial charge in [0.2, 0.25) is 0 Å². The van der Waals surface area contributed by atoms with Crippen LogP contribution in [-0.2, 0) is 27.0 Å². The van der Waals surface area contributed by atoms with Gasteiger partial charge in [0.25, 0.3) is 0 Å². The number of nitrogens with one attached hydrogen (secondary N) is 2. The molecule has 0 aliphatic carbocycles. The fraction of sp³-hybridized carbons (Fsp3) is 0.556. The van der Waals surface area contributed by atoms with Crippen molar-refractivity contribution in [3.05, 3.63) is 35.4 Å². The molecule has 0 heterocycles. The summed E-state index contributed by atoms with van der Waals surface area (Å²) in [5, 5.41) is 4.85. The minimum atomic E-state index is -4.37. The molecule has 10 heteroatoms. The molecular formula is C18H27N2Na2O5P. The van der Waals surface area contributed by atoms with Crippen molar-refractivity contribution in [2.45, 2.75) is 44.9 Å². The van der Waals surface area contributed by atoms with Crippen molar-refractivity contribution in [1.29, 1.82) is 0 Å². The molecule has 0 atom stereocenters. The second kappa shape index (κ2) is 17.0. The van der Waals surface area contributed by atoms with Gasteiger partial charge < -0.3 is 25.0 Å². The third-order valence-corrected chi connectivity index (χ3v) is 4.95. The Kier molecular flexibility index (Phi) is 18.6. The van der Waals surface area contributed by atoms with E-state index in [1.165, 1.54) is 18.2 Å². The van der Waals surface area contributed by atoms with Crippen LogP contribution >= 0.6 is 7.60 Å². The quantitative estimate of drug-likeness (QED) is 0.158. The van der Waals surface area contributed by atoms with E-state index in [2.05, 4.69) is 22.8 Å². The maximum Gasteiger partial charge on any atom is 1.00 e. The van der Waals surface area contributed by atoms with Gasteiger partial charge in [-0.15, -0.1) is 0 Å². The summed E-state index contributed by atoms with van der Waals surface area (Å²) in [6.45, 7) is 0.436. The number of carbonyl (C=O) groups is 2. The first-order valence-corrected chi connectivity index (χ1v) is 10.6. The molecule has 0 aliphatic rings.